The van der Waals surface area contributed by atoms with E-state index < -0.39 is 10.2 Å². The average Bonchev–Trinajstić information content (AvgIpc) is 3.04. The lowest BCUT2D eigenvalue weighted by Gasteiger charge is -2.36. The first kappa shape index (κ1) is 24.6. The molecule has 10 heteroatoms. The van der Waals surface area contributed by atoms with Crippen LogP contribution in [-0.4, -0.2) is 73.6 Å². The van der Waals surface area contributed by atoms with Gasteiger partial charge in [-0.1, -0.05) is 19.3 Å². The topological polar surface area (TPSA) is 96.7 Å². The number of hydrogen-bond acceptors (Lipinski definition) is 6. The van der Waals surface area contributed by atoms with E-state index in [4.69, 9.17) is 0 Å². The van der Waals surface area contributed by atoms with Gasteiger partial charge >= 0.3 is 0 Å². The van der Waals surface area contributed by atoms with E-state index in [9.17, 15) is 18.5 Å². The molecule has 1 aromatic rings. The van der Waals surface area contributed by atoms with Crippen LogP contribution in [0.1, 0.15) is 67.4 Å². The normalized spacial score (nSPS) is 21.5. The Kier molecular flexibility index (Phi) is 8.41. The van der Waals surface area contributed by atoms with Crippen LogP contribution >= 0.6 is 11.3 Å². The van der Waals surface area contributed by atoms with E-state index in [0.717, 1.165) is 56.9 Å². The van der Waals surface area contributed by atoms with Crippen molar-refractivity contribution in [2.24, 2.45) is 0 Å². The first-order valence-corrected chi connectivity index (χ1v) is 14.5. The van der Waals surface area contributed by atoms with E-state index >= 15 is 0 Å². The molecule has 4 rings (SSSR count). The van der Waals surface area contributed by atoms with E-state index in [-0.39, 0.29) is 5.91 Å². The first-order valence-electron chi connectivity index (χ1n) is 12.3. The Bertz CT molecular complexity index is 969. The van der Waals surface area contributed by atoms with Crippen LogP contribution in [0.15, 0.2) is 0 Å². The highest BCUT2D eigenvalue weighted by atomic mass is 32.2. The molecule has 2 aliphatic heterocycles. The van der Waals surface area contributed by atoms with E-state index in [1.807, 2.05) is 0 Å². The summed E-state index contributed by atoms with van der Waals surface area (Å²) in [6.07, 6.45) is 9.79. The Labute approximate surface area is 201 Å². The molecule has 2 fully saturated rings. The second-order valence-electron chi connectivity index (χ2n) is 9.24. The van der Waals surface area contributed by atoms with Crippen molar-refractivity contribution in [2.75, 3.05) is 51.1 Å². The molecule has 2 saturated heterocycles. The van der Waals surface area contributed by atoms with Crippen molar-refractivity contribution in [3.63, 3.8) is 0 Å². The number of hydrogen-bond donors (Lipinski definition) is 1. The van der Waals surface area contributed by atoms with Gasteiger partial charge in [0, 0.05) is 57.1 Å². The number of nitrogens with zero attached hydrogens (tertiary/aromatic N) is 4. The van der Waals surface area contributed by atoms with Crippen LogP contribution in [0.5, 0.6) is 0 Å². The molecule has 1 N–H and O–H groups in total. The highest BCUT2D eigenvalue weighted by molar-refractivity contribution is 7.86. The molecule has 33 heavy (non-hydrogen) atoms. The van der Waals surface area contributed by atoms with Crippen molar-refractivity contribution in [2.45, 2.75) is 64.2 Å². The molecule has 1 amide bonds. The van der Waals surface area contributed by atoms with E-state index in [1.54, 1.807) is 19.9 Å². The Morgan fingerprint density at radius 3 is 2.24 bits per heavy atom. The number of nitrogens with one attached hydrogen (secondary N) is 1. The van der Waals surface area contributed by atoms with Crippen molar-refractivity contribution in [1.29, 1.82) is 5.26 Å². The summed E-state index contributed by atoms with van der Waals surface area (Å²) in [5.74, 6) is -0.0810. The molecule has 8 nitrogen and oxygen atoms in total. The number of fused-ring (bicyclic) bond motifs is 1. The molecule has 0 radical (unpaired) electrons. The summed E-state index contributed by atoms with van der Waals surface area (Å²) in [5, 5.41) is 13.3. The Hall–Kier alpha value is -1.51. The number of carbonyl (C=O) groups is 1. The summed E-state index contributed by atoms with van der Waals surface area (Å²) in [6, 6.07) is 2.31. The summed E-state index contributed by atoms with van der Waals surface area (Å²) >= 11 is 1.56. The molecular weight excluding hydrogens is 458 g/mol. The maximum absolute atomic E-state index is 13.0. The summed E-state index contributed by atoms with van der Waals surface area (Å²) in [4.78, 5) is 16.0. The number of rotatable bonds is 6. The van der Waals surface area contributed by atoms with Gasteiger partial charge in [0.1, 0.15) is 11.1 Å². The zero-order valence-corrected chi connectivity index (χ0v) is 21.0. The van der Waals surface area contributed by atoms with Crippen molar-refractivity contribution in [3.8, 4) is 6.07 Å². The number of nitriles is 1. The van der Waals surface area contributed by atoms with Gasteiger partial charge in [-0.15, -0.1) is 11.3 Å². The van der Waals surface area contributed by atoms with Crippen LogP contribution in [-0.2, 0) is 27.8 Å². The van der Waals surface area contributed by atoms with Crippen LogP contribution in [0.3, 0.4) is 0 Å². The molecule has 3 heterocycles. The lowest BCUT2D eigenvalue weighted by atomic mass is 10.1. The molecule has 0 atom stereocenters. The Morgan fingerprint density at radius 2 is 1.55 bits per heavy atom. The van der Waals surface area contributed by atoms with E-state index in [0.29, 0.717) is 62.8 Å². The maximum Gasteiger partial charge on any atom is 0.282 e. The number of thiophene rings is 1. The van der Waals surface area contributed by atoms with Gasteiger partial charge in [-0.3, -0.25) is 4.79 Å². The monoisotopic (exact) mass is 493 g/mol. The highest BCUT2D eigenvalue weighted by Crippen LogP contribution is 2.37. The van der Waals surface area contributed by atoms with Gasteiger partial charge in [-0.2, -0.15) is 22.3 Å². The smallest absolute Gasteiger partial charge is 0.282 e. The highest BCUT2D eigenvalue weighted by Gasteiger charge is 2.32. The fraction of sp³-hybridized carbons (Fsp3) is 0.739. The third kappa shape index (κ3) is 5.95. The molecule has 1 aliphatic carbocycles. The minimum Gasteiger partial charge on any atom is -0.317 e. The van der Waals surface area contributed by atoms with Crippen LogP contribution in [0, 0.1) is 11.3 Å². The van der Waals surface area contributed by atoms with Crippen LogP contribution in [0.2, 0.25) is 0 Å². The quantitative estimate of drug-likeness (QED) is 0.615. The van der Waals surface area contributed by atoms with Crippen LogP contribution < -0.4 is 5.32 Å². The minimum absolute atomic E-state index is 0.0810. The minimum atomic E-state index is -3.38. The third-order valence-electron chi connectivity index (χ3n) is 6.99. The lowest BCUT2D eigenvalue weighted by molar-refractivity contribution is -0.116. The van der Waals surface area contributed by atoms with Gasteiger partial charge in [-0.05, 0) is 44.1 Å². The zero-order chi connectivity index (χ0) is 23.3. The van der Waals surface area contributed by atoms with Gasteiger partial charge in [0.05, 0.1) is 5.56 Å². The Morgan fingerprint density at radius 1 is 0.909 bits per heavy atom. The fourth-order valence-corrected chi connectivity index (χ4v) is 7.94. The lowest BCUT2D eigenvalue weighted by Crippen LogP contribution is -2.53. The van der Waals surface area contributed by atoms with Crippen LogP contribution in [0.25, 0.3) is 0 Å². The molecule has 0 unspecified atom stereocenters. The van der Waals surface area contributed by atoms with Gasteiger partial charge in [0.2, 0.25) is 5.91 Å². The predicted molar refractivity (Wildman–Crippen MR) is 131 cm³/mol. The summed E-state index contributed by atoms with van der Waals surface area (Å²) in [7, 11) is -3.38. The second kappa shape index (κ2) is 11.3. The number of amides is 1. The van der Waals surface area contributed by atoms with Gasteiger partial charge in [0.15, 0.2) is 0 Å². The SMILES string of the molecule is N#Cc1c(NC(=O)CCN2CCN(S(=O)(=O)N3CCCCCC3)CC2)sc2c1CCCCC2. The predicted octanol–water partition coefficient (Wildman–Crippen LogP) is 2.96. The zero-order valence-electron chi connectivity index (χ0n) is 19.4. The average molecular weight is 494 g/mol. The third-order valence-corrected chi connectivity index (χ3v) is 10.2. The summed E-state index contributed by atoms with van der Waals surface area (Å²) in [5.41, 5.74) is 1.79. The number of anilines is 1. The number of aryl methyl sites for hydroxylation is 1. The van der Waals surface area contributed by atoms with Gasteiger partial charge in [-0.25, -0.2) is 0 Å². The largest absolute Gasteiger partial charge is 0.317 e. The fourth-order valence-electron chi connectivity index (χ4n) is 5.02. The van der Waals surface area contributed by atoms with Crippen molar-refractivity contribution in [3.05, 3.63) is 16.0 Å². The Balaban J connectivity index is 1.26. The summed E-state index contributed by atoms with van der Waals surface area (Å²) < 4.78 is 29.2. The van der Waals surface area contributed by atoms with Crippen molar-refractivity contribution < 1.29 is 13.2 Å². The second-order valence-corrected chi connectivity index (χ2v) is 12.3. The molecule has 0 saturated carbocycles. The van der Waals surface area contributed by atoms with Gasteiger partial charge < -0.3 is 10.2 Å². The standard InChI is InChI=1S/C23H35N5O3S2/c24-18-20-19-8-4-3-5-9-21(19)32-23(20)25-22(29)10-13-26-14-16-28(17-15-26)33(30,31)27-11-6-1-2-7-12-27/h1-17H2,(H,25,29). The summed E-state index contributed by atoms with van der Waals surface area (Å²) in [6.45, 7) is 4.05. The molecule has 0 spiro atoms. The first-order chi connectivity index (χ1) is 16.0. The van der Waals surface area contributed by atoms with E-state index in [2.05, 4.69) is 16.3 Å². The van der Waals surface area contributed by atoms with Gasteiger partial charge in [0.25, 0.3) is 10.2 Å². The number of piperazine rings is 1. The molecule has 1 aromatic heterocycles. The molecule has 0 aromatic carbocycles. The number of carbonyl (C=O) groups excluding carboxylic acids is 1. The maximum atomic E-state index is 13.0. The van der Waals surface area contributed by atoms with Crippen molar-refractivity contribution in [1.82, 2.24) is 13.5 Å². The molecular formula is C23H35N5O3S2. The molecule has 0 bridgehead atoms. The van der Waals surface area contributed by atoms with Crippen molar-refractivity contribution >= 4 is 32.5 Å². The molecule has 3 aliphatic rings. The van der Waals surface area contributed by atoms with Crippen LogP contribution in [0.4, 0.5) is 5.00 Å². The van der Waals surface area contributed by atoms with E-state index in [1.165, 1.54) is 11.3 Å². The molecule has 182 valence electrons.